The molecule has 2 amide bonds. The summed E-state index contributed by atoms with van der Waals surface area (Å²) in [6.45, 7) is 1.96. The Morgan fingerprint density at radius 1 is 1.08 bits per heavy atom. The zero-order chi connectivity index (χ0) is 25.1. The van der Waals surface area contributed by atoms with Crippen LogP contribution in [0.15, 0.2) is 89.0 Å². The first-order valence-electron chi connectivity index (χ1n) is 11.7. The Kier molecular flexibility index (Phi) is 6.86. The highest BCUT2D eigenvalue weighted by Crippen LogP contribution is 2.41. The fourth-order valence-electron chi connectivity index (χ4n) is 4.38. The van der Waals surface area contributed by atoms with Crippen molar-refractivity contribution in [1.29, 1.82) is 0 Å². The van der Waals surface area contributed by atoms with E-state index < -0.39 is 5.25 Å². The van der Waals surface area contributed by atoms with Gasteiger partial charge in [0.1, 0.15) is 11.0 Å². The van der Waals surface area contributed by atoms with Gasteiger partial charge in [0.15, 0.2) is 5.17 Å². The number of anilines is 1. The first-order valence-corrected chi connectivity index (χ1v) is 12.6. The van der Waals surface area contributed by atoms with Gasteiger partial charge >= 0.3 is 0 Å². The van der Waals surface area contributed by atoms with Crippen LogP contribution in [0, 0.1) is 6.92 Å². The third-order valence-corrected chi connectivity index (χ3v) is 7.25. The summed E-state index contributed by atoms with van der Waals surface area (Å²) in [5.41, 5.74) is 4.65. The first kappa shape index (κ1) is 23.8. The fourth-order valence-corrected chi connectivity index (χ4v) is 5.44. The van der Waals surface area contributed by atoms with Crippen molar-refractivity contribution >= 4 is 40.1 Å². The van der Waals surface area contributed by atoms with Crippen molar-refractivity contribution in [2.24, 2.45) is 10.1 Å². The van der Waals surface area contributed by atoms with Crippen molar-refractivity contribution in [3.63, 3.8) is 0 Å². The Morgan fingerprint density at radius 3 is 2.64 bits per heavy atom. The molecule has 0 unspecified atom stereocenters. The molecule has 1 N–H and O–H groups in total. The van der Waals surface area contributed by atoms with Crippen molar-refractivity contribution in [1.82, 2.24) is 5.01 Å². The van der Waals surface area contributed by atoms with Gasteiger partial charge in [0, 0.05) is 24.1 Å². The molecule has 0 spiro atoms. The largest absolute Gasteiger partial charge is 0.496 e. The Balaban J connectivity index is 1.37. The molecule has 36 heavy (non-hydrogen) atoms. The number of benzene rings is 3. The van der Waals surface area contributed by atoms with Gasteiger partial charge in [-0.1, -0.05) is 72.4 Å². The number of aliphatic imine (C=N–C) groups is 1. The summed E-state index contributed by atoms with van der Waals surface area (Å²) in [5.74, 6) is 0.205. The summed E-state index contributed by atoms with van der Waals surface area (Å²) in [6.07, 6.45) is 0.670. The molecule has 0 bridgehead atoms. The number of ether oxygens (including phenoxy) is 1. The third kappa shape index (κ3) is 5.04. The molecule has 3 aromatic carbocycles. The van der Waals surface area contributed by atoms with E-state index in [1.54, 1.807) is 12.1 Å². The van der Waals surface area contributed by atoms with Crippen LogP contribution in [-0.2, 0) is 9.59 Å². The lowest BCUT2D eigenvalue weighted by Crippen LogP contribution is -2.25. The molecular formula is C28H26N4O3S. The van der Waals surface area contributed by atoms with Gasteiger partial charge in [-0.25, -0.2) is 5.01 Å². The van der Waals surface area contributed by atoms with Crippen LogP contribution in [0.4, 0.5) is 5.69 Å². The lowest BCUT2D eigenvalue weighted by molar-refractivity contribution is -0.121. The molecule has 182 valence electrons. The summed E-state index contributed by atoms with van der Waals surface area (Å²) < 4.78 is 5.63. The second kappa shape index (κ2) is 10.4. The molecule has 2 aliphatic rings. The molecule has 2 atom stereocenters. The number of thioether (sulfide) groups is 1. The average molecular weight is 499 g/mol. The number of carbonyl (C=O) groups is 2. The van der Waals surface area contributed by atoms with Crippen molar-refractivity contribution in [3.05, 3.63) is 95.6 Å². The van der Waals surface area contributed by atoms with E-state index in [1.165, 1.54) is 11.8 Å². The maximum absolute atomic E-state index is 12.8. The molecule has 7 nitrogen and oxygen atoms in total. The van der Waals surface area contributed by atoms with Crippen molar-refractivity contribution < 1.29 is 14.3 Å². The quantitative estimate of drug-likeness (QED) is 0.506. The average Bonchev–Trinajstić information content (AvgIpc) is 3.48. The molecule has 2 heterocycles. The molecule has 0 saturated carbocycles. The normalized spacial score (nSPS) is 19.2. The first-order chi connectivity index (χ1) is 17.5. The Bertz CT molecular complexity index is 1360. The van der Waals surface area contributed by atoms with Gasteiger partial charge in [-0.05, 0) is 36.2 Å². The van der Waals surface area contributed by atoms with Crippen LogP contribution < -0.4 is 10.1 Å². The molecule has 2 aliphatic heterocycles. The Labute approximate surface area is 214 Å². The number of nitrogens with one attached hydrogen (secondary N) is 1. The van der Waals surface area contributed by atoms with E-state index in [4.69, 9.17) is 9.84 Å². The maximum atomic E-state index is 12.8. The molecular weight excluding hydrogens is 472 g/mol. The number of nitrogens with zero attached hydrogens (tertiary/aromatic N) is 3. The molecule has 0 aliphatic carbocycles. The molecule has 5 rings (SSSR count). The number of hydrazone groups is 1. The topological polar surface area (TPSA) is 83.4 Å². The van der Waals surface area contributed by atoms with Crippen LogP contribution in [0.5, 0.6) is 5.75 Å². The van der Waals surface area contributed by atoms with Crippen LogP contribution in [0.25, 0.3) is 0 Å². The number of hydrogen-bond acceptors (Lipinski definition) is 6. The summed E-state index contributed by atoms with van der Waals surface area (Å²) in [7, 11) is 1.64. The highest BCUT2D eigenvalue weighted by atomic mass is 32.2. The molecule has 0 fully saturated rings. The molecule has 0 saturated heterocycles. The number of amidine groups is 1. The van der Waals surface area contributed by atoms with Gasteiger partial charge in [0.2, 0.25) is 5.91 Å². The maximum Gasteiger partial charge on any atom is 0.262 e. The SMILES string of the molecule is COc1ccccc1[C@@H]1CC(c2ccccc2)=NN1C1=NC(=O)[C@@H](CC(=O)Nc2cccc(C)c2)S1. The van der Waals surface area contributed by atoms with Crippen molar-refractivity contribution in [2.45, 2.75) is 31.1 Å². The van der Waals surface area contributed by atoms with E-state index in [9.17, 15) is 9.59 Å². The predicted octanol–water partition coefficient (Wildman–Crippen LogP) is 5.18. The van der Waals surface area contributed by atoms with Gasteiger partial charge in [0.25, 0.3) is 5.91 Å². The van der Waals surface area contributed by atoms with Crippen LogP contribution in [-0.4, -0.2) is 40.1 Å². The van der Waals surface area contributed by atoms with Crippen molar-refractivity contribution in [3.8, 4) is 5.75 Å². The van der Waals surface area contributed by atoms with Crippen LogP contribution in [0.2, 0.25) is 0 Å². The van der Waals surface area contributed by atoms with E-state index in [-0.39, 0.29) is 24.3 Å². The second-order valence-corrected chi connectivity index (χ2v) is 9.85. The lowest BCUT2D eigenvalue weighted by atomic mass is 9.98. The van der Waals surface area contributed by atoms with Crippen LogP contribution >= 0.6 is 11.8 Å². The second-order valence-electron chi connectivity index (χ2n) is 8.68. The number of methoxy groups -OCH3 is 1. The number of rotatable bonds is 6. The molecule has 0 aromatic heterocycles. The van der Waals surface area contributed by atoms with Gasteiger partial charge in [-0.3, -0.25) is 9.59 Å². The highest BCUT2D eigenvalue weighted by Gasteiger charge is 2.40. The van der Waals surface area contributed by atoms with E-state index in [0.717, 1.165) is 28.2 Å². The van der Waals surface area contributed by atoms with E-state index >= 15 is 0 Å². The van der Waals surface area contributed by atoms with Crippen LogP contribution in [0.1, 0.15) is 35.6 Å². The minimum atomic E-state index is -0.598. The highest BCUT2D eigenvalue weighted by molar-refractivity contribution is 8.15. The minimum absolute atomic E-state index is 0.0346. The van der Waals surface area contributed by atoms with Gasteiger partial charge in [0.05, 0.1) is 18.9 Å². The molecule has 3 aromatic rings. The summed E-state index contributed by atoms with van der Waals surface area (Å²) in [6, 6.07) is 25.2. The summed E-state index contributed by atoms with van der Waals surface area (Å²) >= 11 is 1.28. The number of hydrogen-bond donors (Lipinski definition) is 1. The lowest BCUT2D eigenvalue weighted by Gasteiger charge is -2.24. The Hall–Kier alpha value is -3.91. The Morgan fingerprint density at radius 2 is 1.86 bits per heavy atom. The van der Waals surface area contributed by atoms with E-state index in [1.807, 2.05) is 85.8 Å². The zero-order valence-corrected chi connectivity index (χ0v) is 20.9. The smallest absolute Gasteiger partial charge is 0.262 e. The fraction of sp³-hybridized carbons (Fsp3) is 0.214. The minimum Gasteiger partial charge on any atom is -0.496 e. The van der Waals surface area contributed by atoms with E-state index in [2.05, 4.69) is 10.3 Å². The van der Waals surface area contributed by atoms with Gasteiger partial charge < -0.3 is 10.1 Å². The number of amides is 2. The molecule has 8 heteroatoms. The number of para-hydroxylation sites is 1. The van der Waals surface area contributed by atoms with Crippen molar-refractivity contribution in [2.75, 3.05) is 12.4 Å². The van der Waals surface area contributed by atoms with Gasteiger partial charge in [-0.15, -0.1) is 0 Å². The van der Waals surface area contributed by atoms with Crippen LogP contribution in [0.3, 0.4) is 0 Å². The molecule has 0 radical (unpaired) electrons. The summed E-state index contributed by atoms with van der Waals surface area (Å²) in [5, 5.41) is 9.47. The summed E-state index contributed by atoms with van der Waals surface area (Å²) in [4.78, 5) is 29.8. The predicted molar refractivity (Wildman–Crippen MR) is 143 cm³/mol. The monoisotopic (exact) mass is 498 g/mol. The third-order valence-electron chi connectivity index (χ3n) is 6.11. The zero-order valence-electron chi connectivity index (χ0n) is 20.0. The number of aryl methyl sites for hydroxylation is 1. The van der Waals surface area contributed by atoms with Gasteiger partial charge in [-0.2, -0.15) is 10.1 Å². The van der Waals surface area contributed by atoms with E-state index in [0.29, 0.717) is 17.3 Å². The standard InChI is InChI=1S/C28H26N4O3S/c1-18-9-8-12-20(15-18)29-26(33)17-25-27(34)30-28(36-25)32-23(21-13-6-7-14-24(21)35-2)16-22(31-32)19-10-4-3-5-11-19/h3-15,23,25H,16-17H2,1-2H3,(H,29,33)/t23-,25+/m0/s1. The number of carbonyl (C=O) groups excluding carboxylic acids is 2.